The molecule has 0 atom stereocenters. The van der Waals surface area contributed by atoms with Crippen molar-refractivity contribution >= 4 is 17.4 Å². The normalized spacial score (nSPS) is 13.8. The van der Waals surface area contributed by atoms with Crippen molar-refractivity contribution in [2.45, 2.75) is 32.2 Å². The Balaban J connectivity index is 1.37. The number of hydrogen-bond donors (Lipinski definition) is 2. The maximum absolute atomic E-state index is 13.1. The maximum Gasteiger partial charge on any atom is 0.255 e. The summed E-state index contributed by atoms with van der Waals surface area (Å²) in [7, 11) is 2.10. The van der Waals surface area contributed by atoms with E-state index in [9.17, 15) is 10.1 Å². The highest BCUT2D eigenvalue weighted by Crippen LogP contribution is 2.31. The van der Waals surface area contributed by atoms with Gasteiger partial charge in [0.05, 0.1) is 28.9 Å². The second kappa shape index (κ2) is 10.6. The van der Waals surface area contributed by atoms with Gasteiger partial charge in [-0.1, -0.05) is 24.3 Å². The van der Waals surface area contributed by atoms with E-state index in [1.807, 2.05) is 36.4 Å². The summed E-state index contributed by atoms with van der Waals surface area (Å²) in [5.41, 5.74) is 5.87. The Labute approximate surface area is 228 Å². The molecule has 1 aliphatic heterocycles. The van der Waals surface area contributed by atoms with E-state index in [2.05, 4.69) is 62.7 Å². The molecule has 1 fully saturated rings. The summed E-state index contributed by atoms with van der Waals surface area (Å²) in [4.78, 5) is 28.5. The van der Waals surface area contributed by atoms with Gasteiger partial charge in [0.15, 0.2) is 0 Å². The number of hydrogen-bond acceptors (Lipinski definition) is 7. The first kappa shape index (κ1) is 26.0. The van der Waals surface area contributed by atoms with Gasteiger partial charge in [-0.2, -0.15) is 5.26 Å². The molecule has 5 rings (SSSR count). The van der Waals surface area contributed by atoms with Crippen LogP contribution in [0, 0.1) is 18.3 Å². The van der Waals surface area contributed by atoms with E-state index in [1.165, 1.54) is 0 Å². The van der Waals surface area contributed by atoms with Gasteiger partial charge in [0, 0.05) is 42.2 Å². The molecule has 8 heteroatoms. The monoisotopic (exact) mass is 517 g/mol. The molecule has 0 unspecified atom stereocenters. The predicted molar refractivity (Wildman–Crippen MR) is 153 cm³/mol. The molecule has 0 aliphatic carbocycles. The number of aryl methyl sites for hydroxylation is 1. The number of nitrogens with zero attached hydrogens (tertiary/aromatic N) is 5. The molecular weight excluding hydrogens is 486 g/mol. The van der Waals surface area contributed by atoms with Crippen LogP contribution in [0.25, 0.3) is 22.4 Å². The van der Waals surface area contributed by atoms with Crippen LogP contribution in [0.2, 0.25) is 0 Å². The molecule has 1 amide bonds. The van der Waals surface area contributed by atoms with Gasteiger partial charge >= 0.3 is 0 Å². The molecule has 0 bridgehead atoms. The third-order valence-electron chi connectivity index (χ3n) is 6.99. The van der Waals surface area contributed by atoms with Crippen molar-refractivity contribution < 1.29 is 4.79 Å². The van der Waals surface area contributed by atoms with Crippen LogP contribution in [0.4, 0.5) is 11.5 Å². The number of carbonyl (C=O) groups excluding carboxylic acids is 1. The molecule has 4 aromatic rings. The molecule has 196 valence electrons. The number of likely N-dealkylation sites (tertiary alicyclic amines) is 1. The van der Waals surface area contributed by atoms with Gasteiger partial charge in [-0.3, -0.25) is 9.78 Å². The lowest BCUT2D eigenvalue weighted by molar-refractivity contribution is 0.102. The molecule has 2 aromatic heterocycles. The number of carbonyl (C=O) groups is 1. The molecule has 1 saturated heterocycles. The summed E-state index contributed by atoms with van der Waals surface area (Å²) in [5.74, 6) is 0.566. The average molecular weight is 518 g/mol. The number of benzene rings is 2. The molecule has 2 N–H and O–H groups in total. The topological polar surface area (TPSA) is 107 Å². The minimum Gasteiger partial charge on any atom is -0.365 e. The highest BCUT2D eigenvalue weighted by molar-refractivity contribution is 6.04. The minimum atomic E-state index is -0.785. The smallest absolute Gasteiger partial charge is 0.255 e. The second-order valence-electron chi connectivity index (χ2n) is 10.6. The Morgan fingerprint density at radius 1 is 1.03 bits per heavy atom. The number of amides is 1. The van der Waals surface area contributed by atoms with Crippen LogP contribution in [0.5, 0.6) is 0 Å². The van der Waals surface area contributed by atoms with Crippen molar-refractivity contribution in [2.24, 2.45) is 0 Å². The van der Waals surface area contributed by atoms with Crippen LogP contribution >= 0.6 is 0 Å². The average Bonchev–Trinajstić information content (AvgIpc) is 2.93. The van der Waals surface area contributed by atoms with E-state index < -0.39 is 5.41 Å². The maximum atomic E-state index is 13.1. The standard InChI is InChI=1S/C31H31N7O/c1-20-8-9-24(37-30(39)23-10-11-33-28(13-23)31(2,3)18-32)14-26(20)21-6-5-7-22(12-21)27-15-29(35-19-34-27)36-25-16-38(4)17-25/h5-15,19,25H,16-17H2,1-4H3,(H,37,39)(H,34,35,36). The van der Waals surface area contributed by atoms with Crippen molar-refractivity contribution in [3.63, 3.8) is 0 Å². The summed E-state index contributed by atoms with van der Waals surface area (Å²) < 4.78 is 0. The van der Waals surface area contributed by atoms with Crippen molar-refractivity contribution in [3.8, 4) is 28.5 Å². The van der Waals surface area contributed by atoms with Crippen molar-refractivity contribution in [3.05, 3.63) is 90.0 Å². The van der Waals surface area contributed by atoms with Gasteiger partial charge in [0.2, 0.25) is 0 Å². The van der Waals surface area contributed by atoms with Crippen molar-refractivity contribution in [2.75, 3.05) is 30.8 Å². The number of aromatic nitrogens is 3. The van der Waals surface area contributed by atoms with Crippen LogP contribution in [-0.4, -0.2) is 51.9 Å². The lowest BCUT2D eigenvalue weighted by Gasteiger charge is -2.36. The Morgan fingerprint density at radius 3 is 2.59 bits per heavy atom. The van der Waals surface area contributed by atoms with Crippen LogP contribution in [0.1, 0.15) is 35.5 Å². The second-order valence-corrected chi connectivity index (χ2v) is 10.6. The van der Waals surface area contributed by atoms with Crippen molar-refractivity contribution in [1.82, 2.24) is 19.9 Å². The number of pyridine rings is 1. The zero-order valence-corrected chi connectivity index (χ0v) is 22.6. The van der Waals surface area contributed by atoms with E-state index in [4.69, 9.17) is 0 Å². The third kappa shape index (κ3) is 5.79. The van der Waals surface area contributed by atoms with E-state index in [0.29, 0.717) is 23.0 Å². The summed E-state index contributed by atoms with van der Waals surface area (Å²) >= 11 is 0. The Kier molecular flexibility index (Phi) is 7.09. The SMILES string of the molecule is Cc1ccc(NC(=O)c2ccnc(C(C)(C)C#N)c2)cc1-c1cccc(-c2cc(NC3CN(C)C3)ncn2)c1. The molecule has 0 spiro atoms. The number of anilines is 2. The van der Waals surface area contributed by atoms with Crippen LogP contribution in [-0.2, 0) is 5.41 Å². The van der Waals surface area contributed by atoms with Crippen LogP contribution in [0.15, 0.2) is 73.2 Å². The lowest BCUT2D eigenvalue weighted by Crippen LogP contribution is -2.52. The van der Waals surface area contributed by atoms with Crippen LogP contribution in [0.3, 0.4) is 0 Å². The van der Waals surface area contributed by atoms with Gasteiger partial charge in [0.25, 0.3) is 5.91 Å². The largest absolute Gasteiger partial charge is 0.365 e. The van der Waals surface area contributed by atoms with Gasteiger partial charge in [-0.15, -0.1) is 0 Å². The first-order valence-corrected chi connectivity index (χ1v) is 12.9. The molecule has 0 saturated carbocycles. The summed E-state index contributed by atoms with van der Waals surface area (Å²) in [5, 5.41) is 15.9. The fraction of sp³-hybridized carbons (Fsp3) is 0.258. The Bertz CT molecular complexity index is 1570. The van der Waals surface area contributed by atoms with Gasteiger partial charge in [-0.25, -0.2) is 9.97 Å². The van der Waals surface area contributed by atoms with E-state index in [1.54, 1.807) is 38.5 Å². The number of nitrogens with one attached hydrogen (secondary N) is 2. The minimum absolute atomic E-state index is 0.255. The highest BCUT2D eigenvalue weighted by Gasteiger charge is 2.24. The summed E-state index contributed by atoms with van der Waals surface area (Å²) in [6.07, 6.45) is 3.16. The number of rotatable bonds is 7. The third-order valence-corrected chi connectivity index (χ3v) is 6.99. The molecule has 3 heterocycles. The summed E-state index contributed by atoms with van der Waals surface area (Å²) in [6, 6.07) is 22.0. The Morgan fingerprint density at radius 2 is 1.82 bits per heavy atom. The fourth-order valence-corrected chi connectivity index (χ4v) is 4.62. The molecule has 39 heavy (non-hydrogen) atoms. The first-order valence-electron chi connectivity index (χ1n) is 12.9. The quantitative estimate of drug-likeness (QED) is 0.343. The highest BCUT2D eigenvalue weighted by atomic mass is 16.1. The molecule has 1 aliphatic rings. The first-order chi connectivity index (χ1) is 18.7. The molecule has 8 nitrogen and oxygen atoms in total. The molecule has 0 radical (unpaired) electrons. The predicted octanol–water partition coefficient (Wildman–Crippen LogP) is 5.29. The zero-order chi connectivity index (χ0) is 27.6. The fourth-order valence-electron chi connectivity index (χ4n) is 4.62. The van der Waals surface area contributed by atoms with Gasteiger partial charge < -0.3 is 15.5 Å². The van der Waals surface area contributed by atoms with Crippen molar-refractivity contribution in [1.29, 1.82) is 5.26 Å². The van der Waals surface area contributed by atoms with Gasteiger partial charge in [0.1, 0.15) is 12.1 Å². The zero-order valence-electron chi connectivity index (χ0n) is 22.6. The molecular formula is C31H31N7O. The number of likely N-dealkylation sites (N-methyl/N-ethyl adjacent to an activating group) is 1. The molecule has 2 aromatic carbocycles. The van der Waals surface area contributed by atoms with Gasteiger partial charge in [-0.05, 0) is 74.8 Å². The Hall–Kier alpha value is -4.61. The van der Waals surface area contributed by atoms with Crippen LogP contribution < -0.4 is 10.6 Å². The van der Waals surface area contributed by atoms with E-state index in [-0.39, 0.29) is 5.91 Å². The summed E-state index contributed by atoms with van der Waals surface area (Å²) in [6.45, 7) is 7.62. The lowest BCUT2D eigenvalue weighted by atomic mass is 9.90. The van der Waals surface area contributed by atoms with E-state index >= 15 is 0 Å². The van der Waals surface area contributed by atoms with E-state index in [0.717, 1.165) is 46.9 Å². The number of nitriles is 1.